The Morgan fingerprint density at radius 3 is 2.64 bits per heavy atom. The lowest BCUT2D eigenvalue weighted by Crippen LogP contribution is -2.32. The van der Waals surface area contributed by atoms with E-state index in [1.807, 2.05) is 36.5 Å². The largest absolute Gasteiger partial charge is 0.351 e. The van der Waals surface area contributed by atoms with Crippen molar-refractivity contribution in [1.82, 2.24) is 15.0 Å². The molecule has 4 aromatic rings. The van der Waals surface area contributed by atoms with Gasteiger partial charge in [-0.05, 0) is 65.9 Å². The monoisotopic (exact) mass is 459 g/mol. The van der Waals surface area contributed by atoms with E-state index in [-0.39, 0.29) is 0 Å². The third-order valence-corrected chi connectivity index (χ3v) is 7.47. The van der Waals surface area contributed by atoms with Gasteiger partial charge >= 0.3 is 0 Å². The van der Waals surface area contributed by atoms with Crippen LogP contribution in [0.15, 0.2) is 61.2 Å². The first-order chi connectivity index (χ1) is 15.8. The van der Waals surface area contributed by atoms with E-state index in [9.17, 15) is 8.42 Å². The Hall–Kier alpha value is -3.52. The van der Waals surface area contributed by atoms with Gasteiger partial charge in [-0.3, -0.25) is 9.29 Å². The molecular weight excluding hydrogens is 434 g/mol. The van der Waals surface area contributed by atoms with Gasteiger partial charge in [0, 0.05) is 43.5 Å². The number of benzene rings is 2. The third kappa shape index (κ3) is 4.02. The predicted octanol–water partition coefficient (Wildman–Crippen LogP) is 3.96. The second-order valence-electron chi connectivity index (χ2n) is 8.48. The molecule has 0 atom stereocenters. The SMILES string of the molecule is Cc1cc(-c2cccnc2)cc2c(N3CCc4ccc(N(C)S(C)(=O)=O)cc4C3)ncnc12. The molecule has 0 radical (unpaired) electrons. The molecule has 0 unspecified atom stereocenters. The molecule has 3 heterocycles. The van der Waals surface area contributed by atoms with Crippen LogP contribution in [-0.4, -0.2) is 43.2 Å². The Bertz CT molecular complexity index is 1450. The van der Waals surface area contributed by atoms with Crippen molar-refractivity contribution in [2.75, 3.05) is 29.1 Å². The van der Waals surface area contributed by atoms with E-state index in [0.717, 1.165) is 51.9 Å². The molecule has 2 aromatic heterocycles. The average molecular weight is 460 g/mol. The van der Waals surface area contributed by atoms with Gasteiger partial charge in [0.25, 0.3) is 0 Å². The summed E-state index contributed by atoms with van der Waals surface area (Å²) in [5.41, 5.74) is 7.17. The lowest BCUT2D eigenvalue weighted by molar-refractivity contribution is 0.600. The molecule has 0 amide bonds. The van der Waals surface area contributed by atoms with Crippen LogP contribution in [0, 0.1) is 6.92 Å². The van der Waals surface area contributed by atoms with Crippen molar-refractivity contribution in [2.24, 2.45) is 0 Å². The van der Waals surface area contributed by atoms with E-state index in [1.54, 1.807) is 19.6 Å². The summed E-state index contributed by atoms with van der Waals surface area (Å²) < 4.78 is 25.3. The fourth-order valence-corrected chi connectivity index (χ4v) is 4.89. The molecule has 7 nitrogen and oxygen atoms in total. The topological polar surface area (TPSA) is 79.3 Å². The number of rotatable bonds is 4. The third-order valence-electron chi connectivity index (χ3n) is 6.27. The number of fused-ring (bicyclic) bond motifs is 2. The maximum absolute atomic E-state index is 12.0. The Kier molecular flexibility index (Phi) is 5.25. The molecule has 0 N–H and O–H groups in total. The van der Waals surface area contributed by atoms with Gasteiger partial charge in [0.15, 0.2) is 0 Å². The Morgan fingerprint density at radius 2 is 1.88 bits per heavy atom. The quantitative estimate of drug-likeness (QED) is 0.460. The Balaban J connectivity index is 1.56. The second kappa shape index (κ2) is 8.12. The van der Waals surface area contributed by atoms with Crippen LogP contribution in [0.3, 0.4) is 0 Å². The van der Waals surface area contributed by atoms with Gasteiger partial charge in [-0.2, -0.15) is 0 Å². The molecule has 0 spiro atoms. The van der Waals surface area contributed by atoms with Gasteiger partial charge in [0.1, 0.15) is 12.1 Å². The first-order valence-electron chi connectivity index (χ1n) is 10.8. The number of aromatic nitrogens is 3. The highest BCUT2D eigenvalue weighted by Crippen LogP contribution is 2.34. The van der Waals surface area contributed by atoms with Crippen molar-refractivity contribution in [3.8, 4) is 11.1 Å². The van der Waals surface area contributed by atoms with E-state index in [0.29, 0.717) is 12.2 Å². The van der Waals surface area contributed by atoms with Crippen molar-refractivity contribution < 1.29 is 8.42 Å². The summed E-state index contributed by atoms with van der Waals surface area (Å²) in [7, 11) is -1.74. The highest BCUT2D eigenvalue weighted by molar-refractivity contribution is 7.92. The smallest absolute Gasteiger partial charge is 0.231 e. The zero-order valence-electron chi connectivity index (χ0n) is 18.9. The van der Waals surface area contributed by atoms with Gasteiger partial charge in [-0.15, -0.1) is 0 Å². The fraction of sp³-hybridized carbons (Fsp3) is 0.240. The highest BCUT2D eigenvalue weighted by Gasteiger charge is 2.22. The minimum absolute atomic E-state index is 0.656. The van der Waals surface area contributed by atoms with E-state index in [2.05, 4.69) is 38.9 Å². The molecule has 1 aliphatic heterocycles. The lowest BCUT2D eigenvalue weighted by atomic mass is 9.97. The molecule has 0 saturated heterocycles. The van der Waals surface area contributed by atoms with Gasteiger partial charge in [-0.1, -0.05) is 12.1 Å². The zero-order valence-corrected chi connectivity index (χ0v) is 19.7. The Morgan fingerprint density at radius 1 is 1.03 bits per heavy atom. The van der Waals surface area contributed by atoms with Gasteiger partial charge in [-0.25, -0.2) is 18.4 Å². The summed E-state index contributed by atoms with van der Waals surface area (Å²) in [4.78, 5) is 15.7. The van der Waals surface area contributed by atoms with Crippen molar-refractivity contribution >= 4 is 32.4 Å². The van der Waals surface area contributed by atoms with Crippen molar-refractivity contribution in [2.45, 2.75) is 19.9 Å². The number of pyridine rings is 1. The summed E-state index contributed by atoms with van der Waals surface area (Å²) in [5, 5.41) is 1.00. The summed E-state index contributed by atoms with van der Waals surface area (Å²) in [6.45, 7) is 3.55. The van der Waals surface area contributed by atoms with Crippen LogP contribution in [0.5, 0.6) is 0 Å². The average Bonchev–Trinajstić information content (AvgIpc) is 2.82. The first-order valence-corrected chi connectivity index (χ1v) is 12.6. The summed E-state index contributed by atoms with van der Waals surface area (Å²) in [6.07, 6.45) is 7.34. The second-order valence-corrected chi connectivity index (χ2v) is 10.5. The number of hydrogen-bond donors (Lipinski definition) is 0. The molecule has 1 aliphatic rings. The van der Waals surface area contributed by atoms with Crippen LogP contribution >= 0.6 is 0 Å². The minimum Gasteiger partial charge on any atom is -0.351 e. The number of sulfonamides is 1. The van der Waals surface area contributed by atoms with E-state index in [1.165, 1.54) is 16.1 Å². The number of nitrogens with zero attached hydrogens (tertiary/aromatic N) is 5. The molecular formula is C25H25N5O2S. The maximum atomic E-state index is 12.0. The predicted molar refractivity (Wildman–Crippen MR) is 132 cm³/mol. The fourth-order valence-electron chi connectivity index (χ4n) is 4.40. The minimum atomic E-state index is -3.32. The summed E-state index contributed by atoms with van der Waals surface area (Å²) in [5.74, 6) is 0.890. The Labute approximate surface area is 193 Å². The van der Waals surface area contributed by atoms with Gasteiger partial charge in [0.05, 0.1) is 17.5 Å². The van der Waals surface area contributed by atoms with Gasteiger partial charge in [0.2, 0.25) is 10.0 Å². The van der Waals surface area contributed by atoms with Crippen molar-refractivity contribution in [1.29, 1.82) is 0 Å². The van der Waals surface area contributed by atoms with Crippen LogP contribution in [0.2, 0.25) is 0 Å². The zero-order chi connectivity index (χ0) is 23.2. The van der Waals surface area contributed by atoms with Crippen LogP contribution in [-0.2, 0) is 23.0 Å². The maximum Gasteiger partial charge on any atom is 0.231 e. The lowest BCUT2D eigenvalue weighted by Gasteiger charge is -2.31. The molecule has 0 fully saturated rings. The number of hydrogen-bond acceptors (Lipinski definition) is 6. The van der Waals surface area contributed by atoms with Crippen LogP contribution < -0.4 is 9.21 Å². The number of anilines is 2. The number of aryl methyl sites for hydroxylation is 1. The van der Waals surface area contributed by atoms with Crippen LogP contribution in [0.4, 0.5) is 11.5 Å². The van der Waals surface area contributed by atoms with Crippen molar-refractivity contribution in [3.63, 3.8) is 0 Å². The summed E-state index contributed by atoms with van der Waals surface area (Å²) >= 11 is 0. The van der Waals surface area contributed by atoms with Gasteiger partial charge < -0.3 is 4.90 Å². The van der Waals surface area contributed by atoms with E-state index in [4.69, 9.17) is 0 Å². The molecule has 2 aromatic carbocycles. The van der Waals surface area contributed by atoms with Crippen LogP contribution in [0.1, 0.15) is 16.7 Å². The highest BCUT2D eigenvalue weighted by atomic mass is 32.2. The normalized spacial score (nSPS) is 13.7. The molecule has 8 heteroatoms. The molecule has 168 valence electrons. The molecule has 0 bridgehead atoms. The van der Waals surface area contributed by atoms with E-state index < -0.39 is 10.0 Å². The first kappa shape index (κ1) is 21.3. The molecule has 0 aliphatic carbocycles. The van der Waals surface area contributed by atoms with Crippen molar-refractivity contribution in [3.05, 3.63) is 77.9 Å². The standard InChI is InChI=1S/C25H25N5O2S/c1-17-11-20(19-5-4-9-26-14-19)13-23-24(17)27-16-28-25(23)30-10-8-18-6-7-22(12-21(18)15-30)29(2)33(3,31)32/h4-7,9,11-14,16H,8,10,15H2,1-3H3. The summed E-state index contributed by atoms with van der Waals surface area (Å²) in [6, 6.07) is 14.1. The molecule has 33 heavy (non-hydrogen) atoms. The van der Waals surface area contributed by atoms with Crippen LogP contribution in [0.25, 0.3) is 22.0 Å². The molecule has 5 rings (SSSR count). The van der Waals surface area contributed by atoms with E-state index >= 15 is 0 Å². The molecule has 0 saturated carbocycles.